The fourth-order valence-corrected chi connectivity index (χ4v) is 3.25. The lowest BCUT2D eigenvalue weighted by molar-refractivity contribution is 0.414. The number of methoxy groups -OCH3 is 1. The second kappa shape index (κ2) is 5.94. The molecule has 0 saturated carbocycles. The van der Waals surface area contributed by atoms with Crippen molar-refractivity contribution in [2.45, 2.75) is 26.8 Å². The lowest BCUT2D eigenvalue weighted by Gasteiger charge is -2.17. The Morgan fingerprint density at radius 1 is 1.08 bits per heavy atom. The fourth-order valence-electron chi connectivity index (χ4n) is 3.25. The number of pyridine rings is 1. The highest BCUT2D eigenvalue weighted by Crippen LogP contribution is 2.21. The van der Waals surface area contributed by atoms with Crippen LogP contribution in [0.15, 0.2) is 41.3 Å². The first kappa shape index (κ1) is 16.3. The number of rotatable bonds is 3. The molecule has 0 aliphatic rings. The Bertz CT molecular complexity index is 1170. The van der Waals surface area contributed by atoms with Gasteiger partial charge in [-0.3, -0.25) is 4.79 Å². The number of nitrogens with zero attached hydrogens (tertiary/aromatic N) is 5. The van der Waals surface area contributed by atoms with Crippen LogP contribution < -0.4 is 10.3 Å². The van der Waals surface area contributed by atoms with Crippen molar-refractivity contribution >= 4 is 16.7 Å². The lowest BCUT2D eigenvalue weighted by atomic mass is 10.1. The number of hydrogen-bond acceptors (Lipinski definition) is 5. The van der Waals surface area contributed by atoms with Crippen LogP contribution in [0.4, 0.5) is 0 Å². The molecule has 1 atom stereocenters. The molecule has 7 nitrogen and oxygen atoms in total. The van der Waals surface area contributed by atoms with E-state index in [1.165, 1.54) is 0 Å². The first-order valence-corrected chi connectivity index (χ1v) is 8.38. The standard InChI is InChI=1S/C19H19N5O2/c1-11-17-16(24-19(20-11)21-13(3)22-24)9-10-23(18(17)25)12(2)14-5-7-15(26-4)8-6-14/h5-10,12H,1-4H3. The van der Waals surface area contributed by atoms with Gasteiger partial charge < -0.3 is 9.30 Å². The van der Waals surface area contributed by atoms with Gasteiger partial charge in [-0.05, 0) is 44.5 Å². The Labute approximate surface area is 149 Å². The molecule has 0 spiro atoms. The molecule has 0 aliphatic carbocycles. The van der Waals surface area contributed by atoms with Crippen LogP contribution >= 0.6 is 0 Å². The number of ether oxygens (including phenoxy) is 1. The summed E-state index contributed by atoms with van der Waals surface area (Å²) < 4.78 is 8.55. The van der Waals surface area contributed by atoms with E-state index in [0.717, 1.165) is 16.8 Å². The molecule has 1 aromatic carbocycles. The quantitative estimate of drug-likeness (QED) is 0.568. The summed E-state index contributed by atoms with van der Waals surface area (Å²) in [6.45, 7) is 5.63. The Hall–Kier alpha value is -3.22. The van der Waals surface area contributed by atoms with E-state index in [4.69, 9.17) is 4.74 Å². The maximum Gasteiger partial charge on any atom is 0.262 e. The molecule has 0 N–H and O–H groups in total. The van der Waals surface area contributed by atoms with Crippen LogP contribution in [-0.2, 0) is 0 Å². The SMILES string of the molecule is COc1ccc(C(C)n2ccc3c(c(C)nc4nc(C)nn43)c2=O)cc1. The van der Waals surface area contributed by atoms with E-state index in [-0.39, 0.29) is 11.6 Å². The van der Waals surface area contributed by atoms with Gasteiger partial charge in [0.25, 0.3) is 11.3 Å². The fraction of sp³-hybridized carbons (Fsp3) is 0.263. The van der Waals surface area contributed by atoms with Gasteiger partial charge in [0.05, 0.1) is 29.7 Å². The third-order valence-corrected chi connectivity index (χ3v) is 4.67. The van der Waals surface area contributed by atoms with E-state index >= 15 is 0 Å². The summed E-state index contributed by atoms with van der Waals surface area (Å²) in [7, 11) is 1.63. The Morgan fingerprint density at radius 2 is 1.81 bits per heavy atom. The lowest BCUT2D eigenvalue weighted by Crippen LogP contribution is -2.25. The molecule has 0 amide bonds. The number of benzene rings is 1. The Kier molecular flexibility index (Phi) is 3.72. The van der Waals surface area contributed by atoms with Crippen molar-refractivity contribution in [3.05, 3.63) is 64.0 Å². The maximum absolute atomic E-state index is 13.2. The van der Waals surface area contributed by atoms with Crippen LogP contribution in [0.1, 0.15) is 30.0 Å². The highest BCUT2D eigenvalue weighted by Gasteiger charge is 2.16. The van der Waals surface area contributed by atoms with Gasteiger partial charge in [-0.1, -0.05) is 12.1 Å². The molecule has 0 bridgehead atoms. The summed E-state index contributed by atoms with van der Waals surface area (Å²) in [6, 6.07) is 9.50. The number of aromatic nitrogens is 5. The van der Waals surface area contributed by atoms with E-state index in [0.29, 0.717) is 22.7 Å². The van der Waals surface area contributed by atoms with Gasteiger partial charge in [0.2, 0.25) is 0 Å². The molecule has 0 saturated heterocycles. The smallest absolute Gasteiger partial charge is 0.262 e. The molecule has 7 heteroatoms. The molecule has 0 fully saturated rings. The molecule has 0 radical (unpaired) electrons. The molecule has 4 aromatic rings. The van der Waals surface area contributed by atoms with Crippen LogP contribution in [0.2, 0.25) is 0 Å². The zero-order valence-corrected chi connectivity index (χ0v) is 15.1. The number of fused-ring (bicyclic) bond motifs is 3. The number of aryl methyl sites for hydroxylation is 2. The van der Waals surface area contributed by atoms with Gasteiger partial charge in [0, 0.05) is 6.20 Å². The summed E-state index contributed by atoms with van der Waals surface area (Å²) in [6.07, 6.45) is 1.80. The first-order valence-electron chi connectivity index (χ1n) is 8.38. The van der Waals surface area contributed by atoms with E-state index in [2.05, 4.69) is 15.1 Å². The molecular formula is C19H19N5O2. The van der Waals surface area contributed by atoms with Crippen molar-refractivity contribution in [2.24, 2.45) is 0 Å². The van der Waals surface area contributed by atoms with Crippen molar-refractivity contribution in [3.8, 4) is 5.75 Å². The summed E-state index contributed by atoms with van der Waals surface area (Å²) in [5.41, 5.74) is 2.30. The average Bonchev–Trinajstić information content (AvgIpc) is 3.01. The maximum atomic E-state index is 13.2. The first-order chi connectivity index (χ1) is 12.5. The van der Waals surface area contributed by atoms with Crippen LogP contribution in [0.5, 0.6) is 5.75 Å². The minimum Gasteiger partial charge on any atom is -0.497 e. The monoisotopic (exact) mass is 349 g/mol. The predicted molar refractivity (Wildman–Crippen MR) is 98.8 cm³/mol. The van der Waals surface area contributed by atoms with Crippen LogP contribution in [0, 0.1) is 13.8 Å². The van der Waals surface area contributed by atoms with Gasteiger partial charge in [-0.15, -0.1) is 5.10 Å². The van der Waals surface area contributed by atoms with E-state index in [1.807, 2.05) is 51.1 Å². The third kappa shape index (κ3) is 2.44. The van der Waals surface area contributed by atoms with Crippen molar-refractivity contribution in [1.29, 1.82) is 0 Å². The minimum atomic E-state index is -0.120. The van der Waals surface area contributed by atoms with Crippen LogP contribution in [0.25, 0.3) is 16.7 Å². The van der Waals surface area contributed by atoms with Crippen LogP contribution in [0.3, 0.4) is 0 Å². The molecule has 26 heavy (non-hydrogen) atoms. The summed E-state index contributed by atoms with van der Waals surface area (Å²) in [4.78, 5) is 21.9. The Morgan fingerprint density at radius 3 is 2.50 bits per heavy atom. The van der Waals surface area contributed by atoms with Gasteiger partial charge in [0.1, 0.15) is 11.6 Å². The molecule has 3 aromatic heterocycles. The molecule has 4 rings (SSSR count). The topological polar surface area (TPSA) is 74.3 Å². The normalized spacial score (nSPS) is 12.6. The van der Waals surface area contributed by atoms with Crippen molar-refractivity contribution in [2.75, 3.05) is 7.11 Å². The number of hydrogen-bond donors (Lipinski definition) is 0. The van der Waals surface area contributed by atoms with E-state index in [1.54, 1.807) is 22.4 Å². The summed E-state index contributed by atoms with van der Waals surface area (Å²) >= 11 is 0. The minimum absolute atomic E-state index is 0.0918. The third-order valence-electron chi connectivity index (χ3n) is 4.67. The Balaban J connectivity index is 1.91. The molecule has 0 aliphatic heterocycles. The van der Waals surface area contributed by atoms with E-state index in [9.17, 15) is 4.79 Å². The van der Waals surface area contributed by atoms with Gasteiger partial charge in [0.15, 0.2) is 0 Å². The van der Waals surface area contributed by atoms with Crippen molar-refractivity contribution in [3.63, 3.8) is 0 Å². The second-order valence-corrected chi connectivity index (χ2v) is 6.31. The zero-order valence-electron chi connectivity index (χ0n) is 15.1. The molecule has 132 valence electrons. The van der Waals surface area contributed by atoms with Crippen molar-refractivity contribution < 1.29 is 4.74 Å². The van der Waals surface area contributed by atoms with Crippen molar-refractivity contribution in [1.82, 2.24) is 24.1 Å². The highest BCUT2D eigenvalue weighted by atomic mass is 16.5. The highest BCUT2D eigenvalue weighted by molar-refractivity contribution is 5.81. The molecule has 3 heterocycles. The molecular weight excluding hydrogens is 330 g/mol. The predicted octanol–water partition coefficient (Wildman–Crippen LogP) is 2.67. The summed E-state index contributed by atoms with van der Waals surface area (Å²) in [5, 5.41) is 4.92. The van der Waals surface area contributed by atoms with E-state index < -0.39 is 0 Å². The van der Waals surface area contributed by atoms with Gasteiger partial charge >= 0.3 is 0 Å². The zero-order chi connectivity index (χ0) is 18.4. The van der Waals surface area contributed by atoms with Gasteiger partial charge in [-0.25, -0.2) is 4.98 Å². The van der Waals surface area contributed by atoms with Crippen LogP contribution in [-0.4, -0.2) is 31.3 Å². The average molecular weight is 349 g/mol. The summed E-state index contributed by atoms with van der Waals surface area (Å²) in [5.74, 6) is 1.92. The van der Waals surface area contributed by atoms with Gasteiger partial charge in [-0.2, -0.15) is 9.50 Å². The largest absolute Gasteiger partial charge is 0.497 e. The second-order valence-electron chi connectivity index (χ2n) is 6.31. The molecule has 1 unspecified atom stereocenters.